The van der Waals surface area contributed by atoms with E-state index in [1.165, 1.54) is 12.1 Å². The lowest BCUT2D eigenvalue weighted by Crippen LogP contribution is -2.47. The summed E-state index contributed by atoms with van der Waals surface area (Å²) in [6.45, 7) is 4.04. The van der Waals surface area contributed by atoms with Crippen molar-refractivity contribution in [2.24, 2.45) is 11.7 Å². The maximum absolute atomic E-state index is 13.3. The second kappa shape index (κ2) is 7.08. The minimum Gasteiger partial charge on any atom is -0.354 e. The average molecular weight is 321 g/mol. The van der Waals surface area contributed by atoms with Crippen LogP contribution in [0, 0.1) is 11.7 Å². The summed E-state index contributed by atoms with van der Waals surface area (Å²) < 4.78 is 13.3. The number of nitrogens with one attached hydrogen (secondary N) is 2. The molecule has 2 amide bonds. The van der Waals surface area contributed by atoms with E-state index >= 15 is 0 Å². The van der Waals surface area contributed by atoms with E-state index in [1.54, 1.807) is 6.07 Å². The Balaban J connectivity index is 1.80. The van der Waals surface area contributed by atoms with Crippen molar-refractivity contribution in [1.82, 2.24) is 10.6 Å². The number of carbonyl (C=O) groups excluding carboxylic acids is 2. The summed E-state index contributed by atoms with van der Waals surface area (Å²) in [4.78, 5) is 23.6. The standard InChI is InChI=1S/C17H24FN3O2/c1-11(2)15(19)16(23)20-9-14(22)21-10-17(6-7-17)12-4-3-5-13(18)8-12/h3-5,8,11,15H,6-7,9-10,19H2,1-2H3,(H,20,23)(H,21,22)/t15-/m0/s1. The van der Waals surface area contributed by atoms with E-state index in [9.17, 15) is 14.0 Å². The number of rotatable bonds is 7. The highest BCUT2D eigenvalue weighted by Gasteiger charge is 2.44. The van der Waals surface area contributed by atoms with Gasteiger partial charge in [0.2, 0.25) is 11.8 Å². The maximum Gasteiger partial charge on any atom is 0.239 e. The van der Waals surface area contributed by atoms with Crippen molar-refractivity contribution >= 4 is 11.8 Å². The smallest absolute Gasteiger partial charge is 0.239 e. The van der Waals surface area contributed by atoms with Crippen molar-refractivity contribution < 1.29 is 14.0 Å². The Labute approximate surface area is 135 Å². The minimum atomic E-state index is -0.620. The van der Waals surface area contributed by atoms with E-state index in [2.05, 4.69) is 10.6 Å². The first kappa shape index (κ1) is 17.4. The number of hydrogen-bond donors (Lipinski definition) is 3. The number of amides is 2. The van der Waals surface area contributed by atoms with E-state index in [0.717, 1.165) is 18.4 Å². The van der Waals surface area contributed by atoms with Crippen LogP contribution in [0.3, 0.4) is 0 Å². The van der Waals surface area contributed by atoms with Crippen LogP contribution in [-0.4, -0.2) is 30.9 Å². The van der Waals surface area contributed by atoms with Gasteiger partial charge in [-0.15, -0.1) is 0 Å². The number of nitrogens with two attached hydrogens (primary N) is 1. The predicted molar refractivity (Wildman–Crippen MR) is 86.1 cm³/mol. The van der Waals surface area contributed by atoms with Gasteiger partial charge in [-0.2, -0.15) is 0 Å². The first-order chi connectivity index (χ1) is 10.8. The largest absolute Gasteiger partial charge is 0.354 e. The van der Waals surface area contributed by atoms with E-state index in [4.69, 9.17) is 5.73 Å². The van der Waals surface area contributed by atoms with E-state index in [1.807, 2.05) is 19.9 Å². The van der Waals surface area contributed by atoms with E-state index in [0.29, 0.717) is 6.54 Å². The summed E-state index contributed by atoms with van der Waals surface area (Å²) >= 11 is 0. The third kappa shape index (κ3) is 4.51. The van der Waals surface area contributed by atoms with Crippen LogP contribution in [-0.2, 0) is 15.0 Å². The molecule has 1 aliphatic rings. The fourth-order valence-electron chi connectivity index (χ4n) is 2.46. The molecule has 0 aliphatic heterocycles. The Morgan fingerprint density at radius 2 is 2.00 bits per heavy atom. The van der Waals surface area contributed by atoms with Crippen LogP contribution in [0.2, 0.25) is 0 Å². The monoisotopic (exact) mass is 321 g/mol. The van der Waals surface area contributed by atoms with Gasteiger partial charge in [0.15, 0.2) is 0 Å². The molecule has 1 aliphatic carbocycles. The second-order valence-corrected chi connectivity index (χ2v) is 6.56. The molecule has 0 radical (unpaired) electrons. The summed E-state index contributed by atoms with van der Waals surface area (Å²) in [5.41, 5.74) is 6.45. The molecule has 23 heavy (non-hydrogen) atoms. The molecular weight excluding hydrogens is 297 g/mol. The summed E-state index contributed by atoms with van der Waals surface area (Å²) in [6, 6.07) is 5.87. The molecule has 4 N–H and O–H groups in total. The molecule has 0 saturated heterocycles. The summed E-state index contributed by atoms with van der Waals surface area (Å²) in [5.74, 6) is -0.853. The fraction of sp³-hybridized carbons (Fsp3) is 0.529. The Morgan fingerprint density at radius 1 is 1.30 bits per heavy atom. The zero-order chi connectivity index (χ0) is 17.0. The SMILES string of the molecule is CC(C)[C@H](N)C(=O)NCC(=O)NCC1(c2cccc(F)c2)CC1. The van der Waals surface area contributed by atoms with Crippen molar-refractivity contribution in [2.45, 2.75) is 38.1 Å². The van der Waals surface area contributed by atoms with Crippen LogP contribution in [0.4, 0.5) is 4.39 Å². The zero-order valence-corrected chi connectivity index (χ0v) is 13.6. The van der Waals surface area contributed by atoms with E-state index < -0.39 is 6.04 Å². The van der Waals surface area contributed by atoms with Crippen molar-refractivity contribution in [3.05, 3.63) is 35.6 Å². The van der Waals surface area contributed by atoms with Crippen LogP contribution < -0.4 is 16.4 Å². The molecule has 0 aromatic heterocycles. The van der Waals surface area contributed by atoms with Crippen LogP contribution in [0.1, 0.15) is 32.3 Å². The predicted octanol–water partition coefficient (Wildman–Crippen LogP) is 1.07. The van der Waals surface area contributed by atoms with Crippen molar-refractivity contribution in [3.8, 4) is 0 Å². The van der Waals surface area contributed by atoms with E-state index in [-0.39, 0.29) is 35.5 Å². The molecule has 0 heterocycles. The molecule has 1 atom stereocenters. The average Bonchev–Trinajstić information content (AvgIpc) is 3.31. The Bertz CT molecular complexity index is 585. The zero-order valence-electron chi connectivity index (χ0n) is 13.6. The maximum atomic E-state index is 13.3. The molecular formula is C17H24FN3O2. The quantitative estimate of drug-likeness (QED) is 0.702. The number of hydrogen-bond acceptors (Lipinski definition) is 3. The van der Waals surface area contributed by atoms with Gasteiger partial charge in [0.1, 0.15) is 5.82 Å². The molecule has 1 aromatic rings. The van der Waals surface area contributed by atoms with Gasteiger partial charge in [-0.25, -0.2) is 4.39 Å². The normalized spacial score (nSPS) is 16.7. The van der Waals surface area contributed by atoms with Crippen molar-refractivity contribution in [2.75, 3.05) is 13.1 Å². The second-order valence-electron chi connectivity index (χ2n) is 6.56. The molecule has 5 nitrogen and oxygen atoms in total. The third-order valence-corrected chi connectivity index (χ3v) is 4.36. The van der Waals surface area contributed by atoms with Crippen LogP contribution in [0.5, 0.6) is 0 Å². The van der Waals surface area contributed by atoms with Gasteiger partial charge in [0.05, 0.1) is 12.6 Å². The topological polar surface area (TPSA) is 84.2 Å². The highest BCUT2D eigenvalue weighted by molar-refractivity contribution is 5.87. The molecule has 0 unspecified atom stereocenters. The molecule has 0 spiro atoms. The lowest BCUT2D eigenvalue weighted by Gasteiger charge is -2.18. The molecule has 0 bridgehead atoms. The van der Waals surface area contributed by atoms with Gasteiger partial charge < -0.3 is 16.4 Å². The van der Waals surface area contributed by atoms with Gasteiger partial charge >= 0.3 is 0 Å². The third-order valence-electron chi connectivity index (χ3n) is 4.36. The van der Waals surface area contributed by atoms with Crippen molar-refractivity contribution in [3.63, 3.8) is 0 Å². The first-order valence-electron chi connectivity index (χ1n) is 7.90. The Morgan fingerprint density at radius 3 is 2.57 bits per heavy atom. The molecule has 126 valence electrons. The van der Waals surface area contributed by atoms with Crippen molar-refractivity contribution in [1.29, 1.82) is 0 Å². The molecule has 1 aromatic carbocycles. The number of halogens is 1. The lowest BCUT2D eigenvalue weighted by molar-refractivity contribution is -0.127. The lowest BCUT2D eigenvalue weighted by atomic mass is 9.96. The van der Waals surface area contributed by atoms with Gasteiger partial charge in [-0.1, -0.05) is 26.0 Å². The van der Waals surface area contributed by atoms with Crippen LogP contribution in [0.25, 0.3) is 0 Å². The number of benzene rings is 1. The summed E-state index contributed by atoms with van der Waals surface area (Å²) in [5, 5.41) is 5.34. The van der Waals surface area contributed by atoms with Gasteiger partial charge in [0, 0.05) is 12.0 Å². The van der Waals surface area contributed by atoms with Gasteiger partial charge in [-0.3, -0.25) is 9.59 Å². The molecule has 1 fully saturated rings. The van der Waals surface area contributed by atoms with Crippen LogP contribution >= 0.6 is 0 Å². The Kier molecular flexibility index (Phi) is 5.36. The van der Waals surface area contributed by atoms with Gasteiger partial charge in [-0.05, 0) is 36.5 Å². The van der Waals surface area contributed by atoms with Gasteiger partial charge in [0.25, 0.3) is 0 Å². The molecule has 2 rings (SSSR count). The highest BCUT2D eigenvalue weighted by atomic mass is 19.1. The minimum absolute atomic E-state index is 0.0146. The first-order valence-corrected chi connectivity index (χ1v) is 7.90. The molecule has 6 heteroatoms. The number of carbonyl (C=O) groups is 2. The molecule has 1 saturated carbocycles. The van der Waals surface area contributed by atoms with Crippen LogP contribution in [0.15, 0.2) is 24.3 Å². The summed E-state index contributed by atoms with van der Waals surface area (Å²) in [6.07, 6.45) is 1.84. The summed E-state index contributed by atoms with van der Waals surface area (Å²) in [7, 11) is 0. The fourth-order valence-corrected chi connectivity index (χ4v) is 2.46. The Hall–Kier alpha value is -1.95. The highest BCUT2D eigenvalue weighted by Crippen LogP contribution is 2.47.